The van der Waals surface area contributed by atoms with Crippen LogP contribution in [0.2, 0.25) is 0 Å². The van der Waals surface area contributed by atoms with Crippen LogP contribution in [0.15, 0.2) is 24.3 Å². The molecule has 548 valence electrons. The van der Waals surface area contributed by atoms with Gasteiger partial charge in [-0.25, -0.2) is 9.13 Å². The molecule has 0 radical (unpaired) electrons. The van der Waals surface area contributed by atoms with Gasteiger partial charge in [-0.3, -0.25) is 37.3 Å². The van der Waals surface area contributed by atoms with Crippen LogP contribution in [0.1, 0.15) is 350 Å². The van der Waals surface area contributed by atoms with Crippen LogP contribution < -0.4 is 0 Å². The number of hydrogen-bond donors (Lipinski definition) is 3. The average Bonchev–Trinajstić information content (AvgIpc) is 1.62. The third-order valence-electron chi connectivity index (χ3n) is 16.5. The summed E-state index contributed by atoms with van der Waals surface area (Å²) in [6, 6.07) is 0. The summed E-state index contributed by atoms with van der Waals surface area (Å²) in [6.07, 6.45) is 52.3. The molecule has 0 spiro atoms. The predicted molar refractivity (Wildman–Crippen MR) is 377 cm³/mol. The summed E-state index contributed by atoms with van der Waals surface area (Å²) in [5, 5.41) is 10.6. The molecule has 17 nitrogen and oxygen atoms in total. The van der Waals surface area contributed by atoms with E-state index < -0.39 is 97.5 Å². The molecule has 5 atom stereocenters. The second kappa shape index (κ2) is 64.2. The Bertz CT molecular complexity index is 1910. The van der Waals surface area contributed by atoms with Gasteiger partial charge in [0.25, 0.3) is 0 Å². The third kappa shape index (κ3) is 67.9. The van der Waals surface area contributed by atoms with Crippen molar-refractivity contribution in [3.8, 4) is 0 Å². The van der Waals surface area contributed by atoms with Crippen LogP contribution in [0.25, 0.3) is 0 Å². The Hall–Kier alpha value is -2.46. The van der Waals surface area contributed by atoms with E-state index in [1.54, 1.807) is 0 Å². The SMILES string of the molecule is CCCCCC/C=C\C=C/CCCCCCCC(=O)O[C@H](COC(=O)CCCCCCCCCCCCCCCC(C)C)COP(=O)(O)OC[C@@H](O)COP(=O)(O)OC[C@@H](COC(=O)CCCCCCCCC(C)C)OC(=O)CCCCCCCCCCCCC(C)C. The summed E-state index contributed by atoms with van der Waals surface area (Å²) < 4.78 is 68.4. The van der Waals surface area contributed by atoms with Crippen molar-refractivity contribution in [2.45, 2.75) is 369 Å². The summed E-state index contributed by atoms with van der Waals surface area (Å²) in [7, 11) is -9.92. The van der Waals surface area contributed by atoms with Crippen LogP contribution in [-0.4, -0.2) is 96.7 Å². The molecule has 0 aromatic carbocycles. The molecule has 0 aliphatic carbocycles. The zero-order valence-electron chi connectivity index (χ0n) is 60.2. The molecular formula is C74H140O17P2. The predicted octanol–water partition coefficient (Wildman–Crippen LogP) is 21.0. The van der Waals surface area contributed by atoms with E-state index in [4.69, 9.17) is 37.0 Å². The molecule has 19 heteroatoms. The maximum absolute atomic E-state index is 13.1. The van der Waals surface area contributed by atoms with Crippen molar-refractivity contribution in [1.29, 1.82) is 0 Å². The van der Waals surface area contributed by atoms with E-state index in [0.717, 1.165) is 121 Å². The zero-order valence-corrected chi connectivity index (χ0v) is 62.0. The van der Waals surface area contributed by atoms with E-state index in [2.05, 4.69) is 72.8 Å². The number of phosphoric acid groups is 2. The van der Waals surface area contributed by atoms with Crippen molar-refractivity contribution < 1.29 is 80.2 Å². The van der Waals surface area contributed by atoms with E-state index in [9.17, 15) is 43.2 Å². The van der Waals surface area contributed by atoms with Gasteiger partial charge in [-0.1, -0.05) is 297 Å². The van der Waals surface area contributed by atoms with Gasteiger partial charge in [0.05, 0.1) is 26.4 Å². The standard InChI is InChI=1S/C74H140O17P2/c1-8-9-10-11-12-13-14-15-16-19-23-29-34-43-50-57-73(78)90-69(61-84-71(76)55-48-41-33-28-22-20-17-18-21-26-31-38-45-52-65(2)3)63-88-92(80,81)86-59-68(75)60-87-93(82,83)89-64-70(62-85-72(77)56-49-42-37-36-40-47-54-67(6)7)91-74(79)58-51-44-35-30-25-24-27-32-39-46-53-66(4)5/h13-16,65-70,75H,8-12,17-64H2,1-7H3,(H,80,81)(H,82,83)/b14-13-,16-15-/t68-,69-,70-/m1/s1. The van der Waals surface area contributed by atoms with Crippen molar-refractivity contribution in [2.75, 3.05) is 39.6 Å². The molecule has 0 bridgehead atoms. The first-order chi connectivity index (χ1) is 44.7. The zero-order chi connectivity index (χ0) is 68.7. The number of unbranched alkanes of at least 4 members (excludes halogenated alkanes) is 35. The van der Waals surface area contributed by atoms with E-state index in [0.29, 0.717) is 31.6 Å². The van der Waals surface area contributed by atoms with E-state index >= 15 is 0 Å². The molecule has 3 N–H and O–H groups in total. The molecule has 0 saturated carbocycles. The van der Waals surface area contributed by atoms with E-state index in [1.807, 2.05) is 0 Å². The molecule has 0 aliphatic heterocycles. The number of phosphoric ester groups is 2. The maximum Gasteiger partial charge on any atom is 0.472 e. The monoisotopic (exact) mass is 1360 g/mol. The molecule has 93 heavy (non-hydrogen) atoms. The van der Waals surface area contributed by atoms with Gasteiger partial charge < -0.3 is 33.8 Å². The Morgan fingerprint density at radius 2 is 0.581 bits per heavy atom. The number of allylic oxidation sites excluding steroid dienone is 4. The lowest BCUT2D eigenvalue weighted by Gasteiger charge is -2.21. The van der Waals surface area contributed by atoms with Crippen LogP contribution in [0.4, 0.5) is 0 Å². The fourth-order valence-electron chi connectivity index (χ4n) is 10.7. The quantitative estimate of drug-likeness (QED) is 0.0169. The number of carbonyl (C=O) groups is 4. The summed E-state index contributed by atoms with van der Waals surface area (Å²) in [5.41, 5.74) is 0. The molecule has 2 unspecified atom stereocenters. The van der Waals surface area contributed by atoms with Gasteiger partial charge >= 0.3 is 39.5 Å². The number of rotatable bonds is 70. The van der Waals surface area contributed by atoms with Crippen LogP contribution in [0.5, 0.6) is 0 Å². The highest BCUT2D eigenvalue weighted by molar-refractivity contribution is 7.47. The number of ether oxygens (including phenoxy) is 4. The number of esters is 4. The Balaban J connectivity index is 5.28. The first-order valence-corrected chi connectivity index (χ1v) is 40.7. The fraction of sp³-hybridized carbons (Fsp3) is 0.892. The minimum atomic E-state index is -4.96. The summed E-state index contributed by atoms with van der Waals surface area (Å²) >= 11 is 0. The van der Waals surface area contributed by atoms with Crippen molar-refractivity contribution >= 4 is 39.5 Å². The van der Waals surface area contributed by atoms with Gasteiger partial charge in [-0.2, -0.15) is 0 Å². The van der Waals surface area contributed by atoms with Crippen LogP contribution in [-0.2, 0) is 65.4 Å². The lowest BCUT2D eigenvalue weighted by Crippen LogP contribution is -2.30. The van der Waals surface area contributed by atoms with Gasteiger partial charge in [-0.05, 0) is 69.1 Å². The molecule has 0 heterocycles. The van der Waals surface area contributed by atoms with Gasteiger partial charge in [0.15, 0.2) is 12.2 Å². The van der Waals surface area contributed by atoms with Gasteiger partial charge in [-0.15, -0.1) is 0 Å². The highest BCUT2D eigenvalue weighted by atomic mass is 31.2. The molecular weight excluding hydrogens is 1220 g/mol. The Morgan fingerprint density at radius 3 is 0.871 bits per heavy atom. The second-order valence-corrected chi connectivity index (χ2v) is 30.3. The molecule has 0 saturated heterocycles. The molecule has 0 fully saturated rings. The van der Waals surface area contributed by atoms with E-state index in [-0.39, 0.29) is 25.7 Å². The van der Waals surface area contributed by atoms with Crippen LogP contribution in [0.3, 0.4) is 0 Å². The number of hydrogen-bond acceptors (Lipinski definition) is 15. The first-order valence-electron chi connectivity index (χ1n) is 37.7. The highest BCUT2D eigenvalue weighted by Crippen LogP contribution is 2.45. The molecule has 0 aromatic heterocycles. The molecule has 0 aromatic rings. The molecule has 0 rings (SSSR count). The fourth-order valence-corrected chi connectivity index (χ4v) is 12.3. The molecule has 0 amide bonds. The summed E-state index contributed by atoms with van der Waals surface area (Å²) in [4.78, 5) is 72.7. The van der Waals surface area contributed by atoms with Crippen molar-refractivity contribution in [1.82, 2.24) is 0 Å². The normalized spacial score (nSPS) is 14.3. The van der Waals surface area contributed by atoms with Crippen molar-refractivity contribution in [3.63, 3.8) is 0 Å². The van der Waals surface area contributed by atoms with E-state index in [1.165, 1.54) is 141 Å². The van der Waals surface area contributed by atoms with Crippen molar-refractivity contribution in [3.05, 3.63) is 24.3 Å². The summed E-state index contributed by atoms with van der Waals surface area (Å²) in [6.45, 7) is 11.7. The Labute approximate surface area is 567 Å². The molecule has 0 aliphatic rings. The Morgan fingerprint density at radius 1 is 0.333 bits per heavy atom. The van der Waals surface area contributed by atoms with Gasteiger partial charge in [0, 0.05) is 25.7 Å². The largest absolute Gasteiger partial charge is 0.472 e. The maximum atomic E-state index is 13.1. The lowest BCUT2D eigenvalue weighted by atomic mass is 10.0. The number of aliphatic hydroxyl groups is 1. The number of aliphatic hydroxyl groups excluding tert-OH is 1. The van der Waals surface area contributed by atoms with Crippen LogP contribution in [0, 0.1) is 17.8 Å². The van der Waals surface area contributed by atoms with Gasteiger partial charge in [0.2, 0.25) is 0 Å². The highest BCUT2D eigenvalue weighted by Gasteiger charge is 2.30. The smallest absolute Gasteiger partial charge is 0.462 e. The minimum absolute atomic E-state index is 0.0847. The summed E-state index contributed by atoms with van der Waals surface area (Å²) in [5.74, 6) is 0.0637. The van der Waals surface area contributed by atoms with Gasteiger partial charge in [0.1, 0.15) is 19.3 Å². The van der Waals surface area contributed by atoms with Crippen molar-refractivity contribution in [2.24, 2.45) is 17.8 Å². The Kier molecular flexibility index (Phi) is 62.5. The second-order valence-electron chi connectivity index (χ2n) is 27.4. The first kappa shape index (κ1) is 90.5. The topological polar surface area (TPSA) is 237 Å². The lowest BCUT2D eigenvalue weighted by molar-refractivity contribution is -0.161. The minimum Gasteiger partial charge on any atom is -0.462 e. The third-order valence-corrected chi connectivity index (χ3v) is 18.4. The average molecular weight is 1360 g/mol. The number of carbonyl (C=O) groups excluding carboxylic acids is 4. The van der Waals surface area contributed by atoms with Crippen LogP contribution >= 0.6 is 15.6 Å².